The molecule has 1 fully saturated rings. The first-order valence-corrected chi connectivity index (χ1v) is 8.36. The second kappa shape index (κ2) is 6.22. The van der Waals surface area contributed by atoms with Gasteiger partial charge in [0, 0.05) is 42.6 Å². The van der Waals surface area contributed by atoms with E-state index < -0.39 is 6.09 Å². The zero-order valence-corrected chi connectivity index (χ0v) is 13.8. The number of hydrogen-bond acceptors (Lipinski definition) is 4. The minimum Gasteiger partial charge on any atom is -0.464 e. The van der Waals surface area contributed by atoms with Crippen molar-refractivity contribution in [1.29, 1.82) is 0 Å². The van der Waals surface area contributed by atoms with Gasteiger partial charge in [0.25, 0.3) is 0 Å². The fourth-order valence-corrected chi connectivity index (χ4v) is 3.66. The molecule has 2 heterocycles. The summed E-state index contributed by atoms with van der Waals surface area (Å²) >= 11 is 0. The largest absolute Gasteiger partial charge is 0.464 e. The Morgan fingerprint density at radius 3 is 2.44 bits per heavy atom. The Labute approximate surface area is 144 Å². The molecule has 6 heteroatoms. The van der Waals surface area contributed by atoms with E-state index in [1.54, 1.807) is 0 Å². The Bertz CT molecular complexity index is 955. The first-order valence-electron chi connectivity index (χ1n) is 8.36. The summed E-state index contributed by atoms with van der Waals surface area (Å²) in [4.78, 5) is 26.8. The summed E-state index contributed by atoms with van der Waals surface area (Å²) in [6.07, 6.45) is -0.0240. The van der Waals surface area contributed by atoms with Crippen molar-refractivity contribution in [3.63, 3.8) is 0 Å². The maximum atomic E-state index is 11.7. The summed E-state index contributed by atoms with van der Waals surface area (Å²) in [5.74, 6) is 0. The SMILES string of the molecule is O=CCN1CCN(c2ccc3c(c2)c2ccccc2n3C(=O)O)CC1. The van der Waals surface area contributed by atoms with Gasteiger partial charge >= 0.3 is 6.09 Å². The van der Waals surface area contributed by atoms with Crippen LogP contribution in [0.25, 0.3) is 21.8 Å². The van der Waals surface area contributed by atoms with Crippen LogP contribution in [0, 0.1) is 0 Å². The fourth-order valence-electron chi connectivity index (χ4n) is 3.66. The molecular weight excluding hydrogens is 318 g/mol. The van der Waals surface area contributed by atoms with E-state index in [1.165, 1.54) is 4.57 Å². The molecule has 0 unspecified atom stereocenters. The summed E-state index contributed by atoms with van der Waals surface area (Å²) in [5.41, 5.74) is 2.50. The Hall–Kier alpha value is -2.86. The molecule has 4 rings (SSSR count). The number of piperazine rings is 1. The smallest absolute Gasteiger partial charge is 0.416 e. The van der Waals surface area contributed by atoms with E-state index in [-0.39, 0.29) is 0 Å². The molecule has 0 saturated carbocycles. The summed E-state index contributed by atoms with van der Waals surface area (Å²) < 4.78 is 1.34. The van der Waals surface area contributed by atoms with Gasteiger partial charge in [-0.2, -0.15) is 0 Å². The van der Waals surface area contributed by atoms with Gasteiger partial charge in [-0.25, -0.2) is 9.36 Å². The van der Waals surface area contributed by atoms with E-state index in [1.807, 2.05) is 36.4 Å². The maximum absolute atomic E-state index is 11.7. The molecule has 1 N–H and O–H groups in total. The third kappa shape index (κ3) is 2.64. The Morgan fingerprint density at radius 1 is 1.00 bits per heavy atom. The average molecular weight is 337 g/mol. The van der Waals surface area contributed by atoms with Gasteiger partial charge in [-0.05, 0) is 24.3 Å². The topological polar surface area (TPSA) is 65.8 Å². The number of fused-ring (bicyclic) bond motifs is 3. The number of aldehydes is 1. The number of aromatic nitrogens is 1. The van der Waals surface area contributed by atoms with Gasteiger partial charge in [-0.3, -0.25) is 4.90 Å². The molecule has 0 aliphatic carbocycles. The highest BCUT2D eigenvalue weighted by Gasteiger charge is 2.19. The lowest BCUT2D eigenvalue weighted by Gasteiger charge is -2.35. The predicted molar refractivity (Wildman–Crippen MR) is 97.6 cm³/mol. The molecule has 1 aromatic heterocycles. The van der Waals surface area contributed by atoms with Crippen molar-refractivity contribution in [3.05, 3.63) is 42.5 Å². The zero-order valence-electron chi connectivity index (χ0n) is 13.8. The van der Waals surface area contributed by atoms with Crippen LogP contribution in [-0.2, 0) is 4.79 Å². The third-order valence-electron chi connectivity index (χ3n) is 4.92. The molecule has 0 atom stereocenters. The number of hydrogen-bond donors (Lipinski definition) is 1. The lowest BCUT2D eigenvalue weighted by molar-refractivity contribution is -0.108. The molecule has 2 aromatic carbocycles. The van der Waals surface area contributed by atoms with Crippen molar-refractivity contribution in [2.24, 2.45) is 0 Å². The van der Waals surface area contributed by atoms with Crippen molar-refractivity contribution in [3.8, 4) is 0 Å². The van der Waals surface area contributed by atoms with Gasteiger partial charge < -0.3 is 14.8 Å². The van der Waals surface area contributed by atoms with Crippen LogP contribution >= 0.6 is 0 Å². The van der Waals surface area contributed by atoms with Crippen LogP contribution in [0.3, 0.4) is 0 Å². The number of carbonyl (C=O) groups is 2. The summed E-state index contributed by atoms with van der Waals surface area (Å²) in [6.45, 7) is 3.91. The van der Waals surface area contributed by atoms with Gasteiger partial charge in [-0.15, -0.1) is 0 Å². The standard InChI is InChI=1S/C19H19N3O3/c23-12-11-20-7-9-21(10-8-20)14-5-6-18-16(13-14)15-3-1-2-4-17(15)22(18)19(24)25/h1-6,12-13H,7-11H2,(H,24,25). The Balaban J connectivity index is 1.75. The van der Waals surface area contributed by atoms with Crippen LogP contribution < -0.4 is 4.90 Å². The highest BCUT2D eigenvalue weighted by molar-refractivity contribution is 6.13. The minimum absolute atomic E-state index is 0.485. The maximum Gasteiger partial charge on any atom is 0.416 e. The van der Waals surface area contributed by atoms with Crippen molar-refractivity contribution in [2.45, 2.75) is 0 Å². The van der Waals surface area contributed by atoms with Crippen molar-refractivity contribution < 1.29 is 14.7 Å². The minimum atomic E-state index is -0.971. The van der Waals surface area contributed by atoms with E-state index in [9.17, 15) is 14.7 Å². The highest BCUT2D eigenvalue weighted by atomic mass is 16.4. The van der Waals surface area contributed by atoms with Crippen LogP contribution in [0.1, 0.15) is 0 Å². The van der Waals surface area contributed by atoms with Crippen LogP contribution in [0.4, 0.5) is 10.5 Å². The third-order valence-corrected chi connectivity index (χ3v) is 4.92. The van der Waals surface area contributed by atoms with Crippen LogP contribution in [0.5, 0.6) is 0 Å². The number of nitrogens with zero attached hydrogens (tertiary/aromatic N) is 3. The number of rotatable bonds is 3. The van der Waals surface area contributed by atoms with Crippen molar-refractivity contribution in [2.75, 3.05) is 37.6 Å². The summed E-state index contributed by atoms with van der Waals surface area (Å²) in [6, 6.07) is 13.5. The van der Waals surface area contributed by atoms with E-state index in [0.29, 0.717) is 17.6 Å². The van der Waals surface area contributed by atoms with Gasteiger partial charge in [0.2, 0.25) is 0 Å². The molecule has 0 spiro atoms. The highest BCUT2D eigenvalue weighted by Crippen LogP contribution is 2.32. The zero-order chi connectivity index (χ0) is 17.4. The first-order chi connectivity index (χ1) is 12.2. The van der Waals surface area contributed by atoms with Crippen molar-refractivity contribution >= 4 is 39.9 Å². The van der Waals surface area contributed by atoms with Crippen molar-refractivity contribution in [1.82, 2.24) is 9.47 Å². The van der Waals surface area contributed by atoms with E-state index in [4.69, 9.17) is 0 Å². The van der Waals surface area contributed by atoms with Crippen LogP contribution in [-0.4, -0.2) is 59.7 Å². The quantitative estimate of drug-likeness (QED) is 0.744. The molecule has 25 heavy (non-hydrogen) atoms. The number of carboxylic acid groups (broad SMARTS) is 1. The van der Waals surface area contributed by atoms with Gasteiger partial charge in [0.15, 0.2) is 0 Å². The fraction of sp³-hybridized carbons (Fsp3) is 0.263. The molecule has 1 aliphatic heterocycles. The molecule has 0 bridgehead atoms. The molecule has 1 saturated heterocycles. The van der Waals surface area contributed by atoms with Crippen LogP contribution in [0.2, 0.25) is 0 Å². The first kappa shape index (κ1) is 15.7. The van der Waals surface area contributed by atoms with Gasteiger partial charge in [-0.1, -0.05) is 18.2 Å². The number of carbonyl (C=O) groups excluding carboxylic acids is 1. The molecular formula is C19H19N3O3. The van der Waals surface area contributed by atoms with Gasteiger partial charge in [0.1, 0.15) is 6.29 Å². The predicted octanol–water partition coefficient (Wildman–Crippen LogP) is 2.64. The number of para-hydroxylation sites is 1. The Kier molecular flexibility index (Phi) is 3.89. The lowest BCUT2D eigenvalue weighted by Crippen LogP contribution is -2.46. The summed E-state index contributed by atoms with van der Waals surface area (Å²) in [5, 5.41) is 11.5. The van der Waals surface area contributed by atoms with E-state index in [2.05, 4.69) is 15.9 Å². The second-order valence-corrected chi connectivity index (χ2v) is 6.29. The lowest BCUT2D eigenvalue weighted by atomic mass is 10.1. The molecule has 0 amide bonds. The molecule has 0 radical (unpaired) electrons. The molecule has 3 aromatic rings. The van der Waals surface area contributed by atoms with E-state index in [0.717, 1.165) is 48.9 Å². The van der Waals surface area contributed by atoms with Gasteiger partial charge in [0.05, 0.1) is 17.6 Å². The average Bonchev–Trinajstić information content (AvgIpc) is 2.96. The normalized spacial score (nSPS) is 15.8. The second-order valence-electron chi connectivity index (χ2n) is 6.29. The number of benzene rings is 2. The molecule has 1 aliphatic rings. The summed E-state index contributed by atoms with van der Waals surface area (Å²) in [7, 11) is 0. The van der Waals surface area contributed by atoms with Crippen LogP contribution in [0.15, 0.2) is 42.5 Å². The molecule has 6 nitrogen and oxygen atoms in total. The Morgan fingerprint density at radius 2 is 1.72 bits per heavy atom. The number of anilines is 1. The molecule has 128 valence electrons. The monoisotopic (exact) mass is 337 g/mol. The van der Waals surface area contributed by atoms with E-state index >= 15 is 0 Å².